The third-order valence-electron chi connectivity index (χ3n) is 2.94. The van der Waals surface area contributed by atoms with E-state index in [1.807, 2.05) is 0 Å². The number of alkyl halides is 1. The van der Waals surface area contributed by atoms with Crippen LogP contribution in [0.15, 0.2) is 0 Å². The maximum atomic E-state index is 11.1. The van der Waals surface area contributed by atoms with E-state index in [1.54, 1.807) is 0 Å². The molecule has 0 bridgehead atoms. The molecule has 0 amide bonds. The molecule has 2 nitrogen and oxygen atoms in total. The van der Waals surface area contributed by atoms with Gasteiger partial charge >= 0.3 is 0 Å². The smallest absolute Gasteiger partial charge is 0.144 e. The van der Waals surface area contributed by atoms with Crippen LogP contribution in [0.1, 0.15) is 25.7 Å². The molecule has 1 aliphatic rings. The van der Waals surface area contributed by atoms with Gasteiger partial charge in [0.05, 0.1) is 39.5 Å². The van der Waals surface area contributed by atoms with Crippen molar-refractivity contribution in [3.05, 3.63) is 0 Å². The van der Waals surface area contributed by atoms with Crippen LogP contribution in [0.4, 0.5) is 0 Å². The summed E-state index contributed by atoms with van der Waals surface area (Å²) >= 11 is 2.43. The van der Waals surface area contributed by atoms with E-state index in [0.29, 0.717) is 5.78 Å². The number of carbonyl (C=O) groups is 1. The highest BCUT2D eigenvalue weighted by Gasteiger charge is 2.27. The van der Waals surface area contributed by atoms with Crippen molar-refractivity contribution >= 4 is 28.4 Å². The summed E-state index contributed by atoms with van der Waals surface area (Å²) in [5.74, 6) is 0.462. The summed E-state index contributed by atoms with van der Waals surface area (Å²) in [6.07, 6.45) is 4.25. The highest BCUT2D eigenvalue weighted by Crippen LogP contribution is 2.15. The number of halogens is 1. The Balaban J connectivity index is 2.26. The monoisotopic (exact) mass is 296 g/mol. The van der Waals surface area contributed by atoms with Crippen LogP contribution in [0.5, 0.6) is 0 Å². The number of unbranched alkanes of at least 4 members (excludes halogenated alkanes) is 1. The first-order valence-corrected chi connectivity index (χ1v) is 6.60. The first kappa shape index (κ1) is 11.4. The predicted octanol–water partition coefficient (Wildman–Crippen LogP) is 2.01. The molecule has 0 atom stereocenters. The van der Waals surface area contributed by atoms with Gasteiger partial charge < -0.3 is 4.48 Å². The number of hydrogen-bond donors (Lipinski definition) is 0. The first-order valence-electron chi connectivity index (χ1n) is 5.07. The second kappa shape index (κ2) is 5.29. The lowest BCUT2D eigenvalue weighted by Crippen LogP contribution is -2.50. The molecule has 1 saturated heterocycles. The molecule has 0 spiro atoms. The van der Waals surface area contributed by atoms with Crippen molar-refractivity contribution in [1.82, 2.24) is 0 Å². The number of quaternary nitrogens is 1. The predicted molar refractivity (Wildman–Crippen MR) is 63.1 cm³/mol. The lowest BCUT2D eigenvalue weighted by molar-refractivity contribution is -0.911. The average Bonchev–Trinajstić information content (AvgIpc) is 2.12. The van der Waals surface area contributed by atoms with Gasteiger partial charge in [-0.1, -0.05) is 22.6 Å². The summed E-state index contributed by atoms with van der Waals surface area (Å²) in [6, 6.07) is 0. The third kappa shape index (κ3) is 3.94. The van der Waals surface area contributed by atoms with Crippen molar-refractivity contribution in [1.29, 1.82) is 0 Å². The molecule has 0 aromatic carbocycles. The van der Waals surface area contributed by atoms with Gasteiger partial charge in [0.25, 0.3) is 0 Å². The van der Waals surface area contributed by atoms with E-state index in [0.717, 1.165) is 30.4 Å². The van der Waals surface area contributed by atoms with E-state index in [1.165, 1.54) is 23.8 Å². The Morgan fingerprint density at radius 2 is 1.92 bits per heavy atom. The average molecular weight is 296 g/mol. The van der Waals surface area contributed by atoms with Gasteiger partial charge in [0.1, 0.15) is 5.78 Å². The van der Waals surface area contributed by atoms with E-state index >= 15 is 0 Å². The molecule has 13 heavy (non-hydrogen) atoms. The van der Waals surface area contributed by atoms with Crippen LogP contribution >= 0.6 is 22.6 Å². The minimum absolute atomic E-state index is 0.462. The molecule has 0 N–H and O–H groups in total. The fourth-order valence-corrected chi connectivity index (χ4v) is 2.38. The maximum absolute atomic E-state index is 11.1. The van der Waals surface area contributed by atoms with Crippen molar-refractivity contribution < 1.29 is 9.28 Å². The lowest BCUT2D eigenvalue weighted by atomic mass is 10.1. The first-order chi connectivity index (χ1) is 6.16. The number of hydrogen-bond acceptors (Lipinski definition) is 1. The number of carbonyl (C=O) groups excluding carboxylic acids is 1. The van der Waals surface area contributed by atoms with Gasteiger partial charge in [-0.3, -0.25) is 4.79 Å². The van der Waals surface area contributed by atoms with Crippen LogP contribution in [0.3, 0.4) is 0 Å². The van der Waals surface area contributed by atoms with Crippen LogP contribution in [-0.4, -0.2) is 41.4 Å². The van der Waals surface area contributed by atoms with Crippen molar-refractivity contribution in [3.63, 3.8) is 0 Å². The van der Waals surface area contributed by atoms with E-state index in [2.05, 4.69) is 29.6 Å². The zero-order chi connectivity index (χ0) is 9.73. The topological polar surface area (TPSA) is 17.1 Å². The Morgan fingerprint density at radius 3 is 2.46 bits per heavy atom. The molecule has 0 unspecified atom stereocenters. The molecule has 0 aromatic heterocycles. The van der Waals surface area contributed by atoms with Crippen molar-refractivity contribution in [2.24, 2.45) is 0 Å². The fraction of sp³-hybridized carbons (Fsp3) is 0.900. The lowest BCUT2D eigenvalue weighted by Gasteiger charge is -2.37. The highest BCUT2D eigenvalue weighted by molar-refractivity contribution is 14.1. The minimum Gasteiger partial charge on any atom is -0.325 e. The number of rotatable bonds is 4. The van der Waals surface area contributed by atoms with Gasteiger partial charge in [0.2, 0.25) is 0 Å². The summed E-state index contributed by atoms with van der Waals surface area (Å²) in [5.41, 5.74) is 0. The molecule has 1 fully saturated rings. The van der Waals surface area contributed by atoms with Gasteiger partial charge in [-0.2, -0.15) is 0 Å². The van der Waals surface area contributed by atoms with Crippen molar-refractivity contribution in [2.75, 3.05) is 31.1 Å². The number of Topliss-reactive ketones (excluding diaryl/α,β-unsaturated/α-hetero) is 1. The normalized spacial score (nSPS) is 21.8. The van der Waals surface area contributed by atoms with Gasteiger partial charge in [0.15, 0.2) is 0 Å². The Bertz CT molecular complexity index is 172. The van der Waals surface area contributed by atoms with Gasteiger partial charge in [-0.25, -0.2) is 0 Å². The van der Waals surface area contributed by atoms with E-state index < -0.39 is 0 Å². The van der Waals surface area contributed by atoms with Crippen LogP contribution in [0.2, 0.25) is 0 Å². The molecule has 0 aromatic rings. The largest absolute Gasteiger partial charge is 0.325 e. The number of likely N-dealkylation sites (tertiary alicyclic amines) is 1. The van der Waals surface area contributed by atoms with Crippen LogP contribution in [0.25, 0.3) is 0 Å². The Hall–Kier alpha value is 0.360. The molecule has 0 radical (unpaired) electrons. The maximum Gasteiger partial charge on any atom is 0.144 e. The van der Waals surface area contributed by atoms with Gasteiger partial charge in [-0.05, 0) is 17.3 Å². The quantitative estimate of drug-likeness (QED) is 0.336. The molecular formula is C10H19INO+. The molecule has 76 valence electrons. The Labute approximate surface area is 94.4 Å². The zero-order valence-corrected chi connectivity index (χ0v) is 10.5. The van der Waals surface area contributed by atoms with Crippen LogP contribution in [0, 0.1) is 0 Å². The summed E-state index contributed by atoms with van der Waals surface area (Å²) in [4.78, 5) is 11.1. The Morgan fingerprint density at radius 1 is 1.31 bits per heavy atom. The van der Waals surface area contributed by atoms with E-state index in [9.17, 15) is 4.79 Å². The molecule has 0 saturated carbocycles. The van der Waals surface area contributed by atoms with Crippen LogP contribution < -0.4 is 0 Å². The minimum atomic E-state index is 0.462. The van der Waals surface area contributed by atoms with E-state index in [4.69, 9.17) is 0 Å². The molecule has 1 heterocycles. The fourth-order valence-electron chi connectivity index (χ4n) is 1.84. The summed E-state index contributed by atoms with van der Waals surface area (Å²) in [6.45, 7) is 3.40. The Kier molecular flexibility index (Phi) is 4.66. The molecular weight excluding hydrogens is 277 g/mol. The third-order valence-corrected chi connectivity index (χ3v) is 3.71. The van der Waals surface area contributed by atoms with Crippen LogP contribution in [-0.2, 0) is 4.79 Å². The van der Waals surface area contributed by atoms with Crippen molar-refractivity contribution in [3.8, 4) is 0 Å². The number of ketones is 1. The molecule has 1 rings (SSSR count). The SMILES string of the molecule is C[N+]1(CCCCI)CCC(=O)CC1. The molecule has 0 aliphatic carbocycles. The second-order valence-electron chi connectivity index (χ2n) is 4.23. The highest BCUT2D eigenvalue weighted by atomic mass is 127. The molecule has 1 aliphatic heterocycles. The van der Waals surface area contributed by atoms with Gasteiger partial charge in [0, 0.05) is 0 Å². The number of nitrogens with zero attached hydrogens (tertiary/aromatic N) is 1. The summed E-state index contributed by atoms with van der Waals surface area (Å²) in [5, 5.41) is 0. The summed E-state index contributed by atoms with van der Waals surface area (Å²) < 4.78 is 2.39. The van der Waals surface area contributed by atoms with Gasteiger partial charge in [-0.15, -0.1) is 0 Å². The molecule has 3 heteroatoms. The standard InChI is InChI=1S/C10H19INO/c1-12(7-3-2-6-11)8-4-10(13)5-9-12/h2-9H2,1H3/q+1. The zero-order valence-electron chi connectivity index (χ0n) is 8.39. The van der Waals surface area contributed by atoms with Crippen molar-refractivity contribution in [2.45, 2.75) is 25.7 Å². The number of piperidine rings is 1. The second-order valence-corrected chi connectivity index (χ2v) is 5.30. The van der Waals surface area contributed by atoms with E-state index in [-0.39, 0.29) is 0 Å². The summed E-state index contributed by atoms with van der Waals surface area (Å²) in [7, 11) is 2.29.